The molecule has 1 aromatic carbocycles. The number of rotatable bonds is 5. The van der Waals surface area contributed by atoms with Gasteiger partial charge < -0.3 is 4.90 Å². The lowest BCUT2D eigenvalue weighted by Crippen LogP contribution is -2.50. The van der Waals surface area contributed by atoms with Crippen molar-refractivity contribution in [2.75, 3.05) is 37.2 Å². The van der Waals surface area contributed by atoms with E-state index in [-0.39, 0.29) is 37.0 Å². The molecule has 2 heterocycles. The molecule has 1 fully saturated rings. The fourth-order valence-corrected chi connectivity index (χ4v) is 4.83. The van der Waals surface area contributed by atoms with Gasteiger partial charge in [0.2, 0.25) is 20.0 Å². The number of sulfonamides is 2. The number of nitrogens with one attached hydrogen (secondary N) is 1. The van der Waals surface area contributed by atoms with E-state index in [0.717, 1.165) is 6.26 Å². The summed E-state index contributed by atoms with van der Waals surface area (Å²) in [6.45, 7) is 0.818. The molecule has 11 heteroatoms. The Balaban J connectivity index is 1.68. The van der Waals surface area contributed by atoms with Gasteiger partial charge in [0.25, 0.3) is 5.91 Å². The Hall–Kier alpha value is -2.50. The van der Waals surface area contributed by atoms with Gasteiger partial charge in [-0.2, -0.15) is 4.31 Å². The van der Waals surface area contributed by atoms with Gasteiger partial charge in [-0.05, 0) is 30.3 Å². The highest BCUT2D eigenvalue weighted by molar-refractivity contribution is 7.92. The SMILES string of the molecule is CS(=O)(=O)Nc1cccc(C(=O)N2CCN(S(=O)(=O)c3cccnc3)CC2)c1. The molecule has 0 unspecified atom stereocenters. The molecule has 0 aliphatic carbocycles. The van der Waals surface area contributed by atoms with E-state index < -0.39 is 20.0 Å². The number of carbonyl (C=O) groups excluding carboxylic acids is 1. The molecule has 1 amide bonds. The Morgan fingerprint density at radius 1 is 1.04 bits per heavy atom. The van der Waals surface area contributed by atoms with Crippen LogP contribution in [0.4, 0.5) is 5.69 Å². The topological polar surface area (TPSA) is 117 Å². The van der Waals surface area contributed by atoms with E-state index in [4.69, 9.17) is 0 Å². The van der Waals surface area contributed by atoms with Crippen LogP contribution in [-0.2, 0) is 20.0 Å². The lowest BCUT2D eigenvalue weighted by Gasteiger charge is -2.34. The number of benzene rings is 1. The fourth-order valence-electron chi connectivity index (χ4n) is 2.89. The van der Waals surface area contributed by atoms with Crippen molar-refractivity contribution in [2.45, 2.75) is 4.90 Å². The van der Waals surface area contributed by atoms with E-state index in [1.807, 2.05) is 0 Å². The van der Waals surface area contributed by atoms with Crippen molar-refractivity contribution < 1.29 is 21.6 Å². The highest BCUT2D eigenvalue weighted by Gasteiger charge is 2.30. The van der Waals surface area contributed by atoms with Gasteiger partial charge in [0.15, 0.2) is 0 Å². The summed E-state index contributed by atoms with van der Waals surface area (Å²) in [6.07, 6.45) is 3.83. The first-order chi connectivity index (χ1) is 13.2. The molecule has 150 valence electrons. The minimum Gasteiger partial charge on any atom is -0.336 e. The molecule has 0 bridgehead atoms. The number of aromatic nitrogens is 1. The molecule has 2 aromatic rings. The predicted octanol–water partition coefficient (Wildman–Crippen LogP) is 0.600. The molecule has 1 saturated heterocycles. The van der Waals surface area contributed by atoms with Crippen LogP contribution in [0.1, 0.15) is 10.4 Å². The van der Waals surface area contributed by atoms with Crippen LogP contribution in [0, 0.1) is 0 Å². The number of pyridine rings is 1. The maximum Gasteiger partial charge on any atom is 0.254 e. The van der Waals surface area contributed by atoms with Crippen LogP contribution in [0.15, 0.2) is 53.7 Å². The monoisotopic (exact) mass is 424 g/mol. The number of amides is 1. The van der Waals surface area contributed by atoms with Crippen LogP contribution in [0.3, 0.4) is 0 Å². The average molecular weight is 425 g/mol. The zero-order chi connectivity index (χ0) is 20.4. The highest BCUT2D eigenvalue weighted by Crippen LogP contribution is 2.19. The smallest absolute Gasteiger partial charge is 0.254 e. The van der Waals surface area contributed by atoms with Crippen molar-refractivity contribution in [3.05, 3.63) is 54.4 Å². The highest BCUT2D eigenvalue weighted by atomic mass is 32.2. The second-order valence-corrected chi connectivity index (χ2v) is 10.0. The van der Waals surface area contributed by atoms with Crippen molar-refractivity contribution in [3.63, 3.8) is 0 Å². The van der Waals surface area contributed by atoms with Gasteiger partial charge >= 0.3 is 0 Å². The Morgan fingerprint density at radius 2 is 1.75 bits per heavy atom. The minimum absolute atomic E-state index is 0.120. The molecule has 1 aliphatic rings. The third-order valence-electron chi connectivity index (χ3n) is 4.21. The Bertz CT molecular complexity index is 1060. The first-order valence-corrected chi connectivity index (χ1v) is 11.8. The summed E-state index contributed by atoms with van der Waals surface area (Å²) in [5, 5.41) is 0. The number of nitrogens with zero attached hydrogens (tertiary/aromatic N) is 3. The first kappa shape index (κ1) is 20.2. The van der Waals surface area contributed by atoms with Gasteiger partial charge in [-0.15, -0.1) is 0 Å². The zero-order valence-electron chi connectivity index (χ0n) is 15.1. The first-order valence-electron chi connectivity index (χ1n) is 8.44. The van der Waals surface area contributed by atoms with Crippen LogP contribution in [0.5, 0.6) is 0 Å². The van der Waals surface area contributed by atoms with Crippen molar-refractivity contribution >= 4 is 31.6 Å². The Kier molecular flexibility index (Phi) is 5.68. The van der Waals surface area contributed by atoms with Crippen LogP contribution in [0.2, 0.25) is 0 Å². The van der Waals surface area contributed by atoms with E-state index in [9.17, 15) is 21.6 Å². The molecule has 28 heavy (non-hydrogen) atoms. The standard InChI is InChI=1S/C17H20N4O5S2/c1-27(23,24)19-15-5-2-4-14(12-15)17(22)20-8-10-21(11-9-20)28(25,26)16-6-3-7-18-13-16/h2-7,12-13,19H,8-11H2,1H3. The molecule has 1 aromatic heterocycles. The van der Waals surface area contributed by atoms with E-state index in [0.29, 0.717) is 11.3 Å². The summed E-state index contributed by atoms with van der Waals surface area (Å²) < 4.78 is 51.6. The van der Waals surface area contributed by atoms with Crippen molar-refractivity contribution in [1.82, 2.24) is 14.2 Å². The van der Waals surface area contributed by atoms with Crippen LogP contribution < -0.4 is 4.72 Å². The second-order valence-electron chi connectivity index (χ2n) is 6.34. The molecular weight excluding hydrogens is 404 g/mol. The summed E-state index contributed by atoms with van der Waals surface area (Å²) >= 11 is 0. The van der Waals surface area contributed by atoms with Gasteiger partial charge in [-0.3, -0.25) is 14.5 Å². The van der Waals surface area contributed by atoms with Gasteiger partial charge in [0.05, 0.1) is 6.26 Å². The van der Waals surface area contributed by atoms with Crippen molar-refractivity contribution in [2.24, 2.45) is 0 Å². The maximum absolute atomic E-state index is 12.7. The molecule has 0 atom stereocenters. The molecule has 0 spiro atoms. The number of hydrogen-bond acceptors (Lipinski definition) is 6. The number of anilines is 1. The van der Waals surface area contributed by atoms with Crippen LogP contribution in [-0.4, -0.2) is 69.4 Å². The lowest BCUT2D eigenvalue weighted by molar-refractivity contribution is 0.0698. The lowest BCUT2D eigenvalue weighted by atomic mass is 10.1. The number of piperazine rings is 1. The molecule has 9 nitrogen and oxygen atoms in total. The zero-order valence-corrected chi connectivity index (χ0v) is 16.8. The van der Waals surface area contributed by atoms with E-state index in [1.165, 1.54) is 28.8 Å². The summed E-state index contributed by atoms with van der Waals surface area (Å²) in [5.41, 5.74) is 0.628. The summed E-state index contributed by atoms with van der Waals surface area (Å²) in [7, 11) is -7.09. The fraction of sp³-hybridized carbons (Fsp3) is 0.294. The summed E-state index contributed by atoms with van der Waals surface area (Å²) in [4.78, 5) is 18.2. The van der Waals surface area contributed by atoms with E-state index >= 15 is 0 Å². The number of carbonyl (C=O) groups is 1. The Labute approximate surface area is 164 Å². The average Bonchev–Trinajstić information content (AvgIpc) is 2.67. The van der Waals surface area contributed by atoms with E-state index in [1.54, 1.807) is 29.2 Å². The second kappa shape index (κ2) is 7.86. The molecule has 0 saturated carbocycles. The van der Waals surface area contributed by atoms with Crippen molar-refractivity contribution in [1.29, 1.82) is 0 Å². The molecule has 1 aliphatic heterocycles. The summed E-state index contributed by atoms with van der Waals surface area (Å²) in [6, 6.07) is 9.24. The quantitative estimate of drug-likeness (QED) is 0.751. The van der Waals surface area contributed by atoms with E-state index in [2.05, 4.69) is 9.71 Å². The van der Waals surface area contributed by atoms with Crippen LogP contribution >= 0.6 is 0 Å². The minimum atomic E-state index is -3.65. The number of hydrogen-bond donors (Lipinski definition) is 1. The third kappa shape index (κ3) is 4.66. The maximum atomic E-state index is 12.7. The van der Waals surface area contributed by atoms with Crippen LogP contribution in [0.25, 0.3) is 0 Å². The molecule has 3 rings (SSSR count). The van der Waals surface area contributed by atoms with Gasteiger partial charge in [0, 0.05) is 49.8 Å². The molecule has 1 N–H and O–H groups in total. The van der Waals surface area contributed by atoms with Gasteiger partial charge in [-0.1, -0.05) is 6.07 Å². The van der Waals surface area contributed by atoms with Crippen molar-refractivity contribution in [3.8, 4) is 0 Å². The molecular formula is C17H20N4O5S2. The summed E-state index contributed by atoms with van der Waals surface area (Å²) in [5.74, 6) is -0.282. The van der Waals surface area contributed by atoms with Gasteiger partial charge in [-0.25, -0.2) is 16.8 Å². The predicted molar refractivity (Wildman–Crippen MR) is 104 cm³/mol. The van der Waals surface area contributed by atoms with Gasteiger partial charge in [0.1, 0.15) is 4.90 Å². The normalized spacial score (nSPS) is 16.0. The largest absolute Gasteiger partial charge is 0.336 e. The molecule has 0 radical (unpaired) electrons. The Morgan fingerprint density at radius 3 is 2.36 bits per heavy atom. The third-order valence-corrected chi connectivity index (χ3v) is 6.70.